The molecule has 1 aliphatic heterocycles. The molecule has 1 aromatic heterocycles. The van der Waals surface area contributed by atoms with Crippen LogP contribution in [0.5, 0.6) is 5.75 Å². The highest BCUT2D eigenvalue weighted by atomic mass is 35.5. The molecule has 2 heterocycles. The van der Waals surface area contributed by atoms with E-state index < -0.39 is 12.0 Å². The molecule has 1 aliphatic rings. The first-order valence-corrected chi connectivity index (χ1v) is 15.5. The second-order valence-corrected chi connectivity index (χ2v) is 11.8. The number of carbonyl (C=O) groups excluding carboxylic acids is 1. The molecule has 9 heteroatoms. The molecule has 0 radical (unpaired) electrons. The third-order valence-electron chi connectivity index (χ3n) is 7.05. The van der Waals surface area contributed by atoms with Crippen LogP contribution in [0.25, 0.3) is 11.8 Å². The fourth-order valence-electron chi connectivity index (χ4n) is 5.04. The van der Waals surface area contributed by atoms with Crippen LogP contribution < -0.4 is 19.6 Å². The fraction of sp³-hybridized carbons (Fsp3) is 0.114. The van der Waals surface area contributed by atoms with E-state index in [1.165, 1.54) is 11.3 Å². The lowest BCUT2D eigenvalue weighted by molar-refractivity contribution is -0.138. The normalized spacial score (nSPS) is 14.6. The minimum absolute atomic E-state index is 0.193. The topological polar surface area (TPSA) is 69.9 Å². The van der Waals surface area contributed by atoms with E-state index in [4.69, 9.17) is 37.7 Å². The van der Waals surface area contributed by atoms with Gasteiger partial charge < -0.3 is 9.47 Å². The Labute approximate surface area is 267 Å². The zero-order valence-electron chi connectivity index (χ0n) is 23.6. The lowest BCUT2D eigenvalue weighted by Gasteiger charge is -2.25. The van der Waals surface area contributed by atoms with Crippen molar-refractivity contribution in [2.75, 3.05) is 6.61 Å². The average molecular weight is 642 g/mol. The number of benzene rings is 4. The number of rotatable bonds is 8. The predicted octanol–water partition coefficient (Wildman–Crippen LogP) is 6.82. The minimum Gasteiger partial charge on any atom is -0.489 e. The molecule has 4 aromatic carbocycles. The van der Waals surface area contributed by atoms with Gasteiger partial charge in [0.1, 0.15) is 12.4 Å². The van der Waals surface area contributed by atoms with Crippen LogP contribution in [-0.4, -0.2) is 17.1 Å². The molecule has 1 atom stereocenters. The summed E-state index contributed by atoms with van der Waals surface area (Å²) >= 11 is 13.6. The van der Waals surface area contributed by atoms with E-state index >= 15 is 0 Å². The Balaban J connectivity index is 1.45. The molecular formula is C35H26Cl2N2O4S. The first-order valence-electron chi connectivity index (χ1n) is 13.9. The standard InChI is InChI=1S/C35H26Cl2N2O4S/c1-2-42-34(41)30-31(23-11-5-3-6-12-23)38-35-39(32(30)24-13-7-4-8-14-24)33(40)29(44-35)19-22-10-9-15-27(18-22)43-21-25-16-17-26(36)20-28(25)37/h3-20,32H,2,21H2,1H3/b29-19-/t32-/m1/s1. The van der Waals surface area contributed by atoms with E-state index in [1.54, 1.807) is 23.6 Å². The van der Waals surface area contributed by atoms with Crippen molar-refractivity contribution in [3.05, 3.63) is 161 Å². The number of thiazole rings is 1. The van der Waals surface area contributed by atoms with Gasteiger partial charge in [0.25, 0.3) is 5.56 Å². The van der Waals surface area contributed by atoms with Gasteiger partial charge in [-0.2, -0.15) is 0 Å². The van der Waals surface area contributed by atoms with Gasteiger partial charge >= 0.3 is 5.97 Å². The molecule has 0 unspecified atom stereocenters. The number of nitrogens with zero attached hydrogens (tertiary/aromatic N) is 2. The van der Waals surface area contributed by atoms with Crippen LogP contribution in [0.2, 0.25) is 10.0 Å². The van der Waals surface area contributed by atoms with E-state index in [0.717, 1.165) is 22.3 Å². The van der Waals surface area contributed by atoms with Gasteiger partial charge in [0, 0.05) is 21.2 Å². The molecule has 0 saturated carbocycles. The van der Waals surface area contributed by atoms with Gasteiger partial charge in [0.05, 0.1) is 28.5 Å². The molecular weight excluding hydrogens is 615 g/mol. The van der Waals surface area contributed by atoms with Crippen LogP contribution in [-0.2, 0) is 16.1 Å². The fourth-order valence-corrected chi connectivity index (χ4v) is 6.50. The van der Waals surface area contributed by atoms with Gasteiger partial charge in [0.15, 0.2) is 4.80 Å². The first kappa shape index (κ1) is 29.6. The zero-order chi connectivity index (χ0) is 30.6. The second kappa shape index (κ2) is 13.1. The molecule has 5 aromatic rings. The summed E-state index contributed by atoms with van der Waals surface area (Å²) in [5, 5.41) is 1.08. The van der Waals surface area contributed by atoms with Crippen LogP contribution in [0.3, 0.4) is 0 Å². The highest BCUT2D eigenvalue weighted by molar-refractivity contribution is 7.07. The Kier molecular flexibility index (Phi) is 8.79. The third-order valence-corrected chi connectivity index (χ3v) is 8.62. The van der Waals surface area contributed by atoms with Gasteiger partial charge in [0.2, 0.25) is 0 Å². The predicted molar refractivity (Wildman–Crippen MR) is 175 cm³/mol. The summed E-state index contributed by atoms with van der Waals surface area (Å²) in [6, 6.07) is 31.0. The van der Waals surface area contributed by atoms with Gasteiger partial charge in [-0.05, 0) is 48.4 Å². The molecule has 0 amide bonds. The maximum atomic E-state index is 14.1. The van der Waals surface area contributed by atoms with Crippen molar-refractivity contribution in [3.63, 3.8) is 0 Å². The summed E-state index contributed by atoms with van der Waals surface area (Å²) in [4.78, 5) is 33.0. The molecule has 6 rings (SSSR count). The lowest BCUT2D eigenvalue weighted by atomic mass is 9.93. The minimum atomic E-state index is -0.720. The van der Waals surface area contributed by atoms with Gasteiger partial charge in [-0.1, -0.05) is 113 Å². The zero-order valence-corrected chi connectivity index (χ0v) is 25.9. The number of fused-ring (bicyclic) bond motifs is 1. The molecule has 0 N–H and O–H groups in total. The highest BCUT2D eigenvalue weighted by Crippen LogP contribution is 2.35. The Morgan fingerprint density at radius 3 is 2.43 bits per heavy atom. The maximum absolute atomic E-state index is 14.1. The summed E-state index contributed by atoms with van der Waals surface area (Å²) < 4.78 is 13.6. The van der Waals surface area contributed by atoms with Crippen molar-refractivity contribution in [2.45, 2.75) is 19.6 Å². The van der Waals surface area contributed by atoms with Gasteiger partial charge in [-0.25, -0.2) is 9.79 Å². The van der Waals surface area contributed by atoms with Crippen LogP contribution in [0.15, 0.2) is 118 Å². The second-order valence-electron chi connectivity index (χ2n) is 9.94. The molecule has 220 valence electrons. The SMILES string of the molecule is CCOC(=O)C1=C(c2ccccc2)N=c2s/c(=C\c3cccc(OCc4ccc(Cl)cc4Cl)c3)c(=O)n2[C@@H]1c1ccccc1. The van der Waals surface area contributed by atoms with Crippen molar-refractivity contribution in [2.24, 2.45) is 4.99 Å². The maximum Gasteiger partial charge on any atom is 0.338 e. The smallest absolute Gasteiger partial charge is 0.338 e. The first-order chi connectivity index (χ1) is 21.4. The number of ether oxygens (including phenoxy) is 2. The Bertz CT molecular complexity index is 2050. The van der Waals surface area contributed by atoms with E-state index in [-0.39, 0.29) is 18.8 Å². The summed E-state index contributed by atoms with van der Waals surface area (Å²) in [5.74, 6) is 0.111. The quantitative estimate of drug-likeness (QED) is 0.175. The van der Waals surface area contributed by atoms with Crippen molar-refractivity contribution < 1.29 is 14.3 Å². The molecule has 0 fully saturated rings. The van der Waals surface area contributed by atoms with Crippen LogP contribution >= 0.6 is 34.5 Å². The van der Waals surface area contributed by atoms with Crippen LogP contribution in [0.1, 0.15) is 35.2 Å². The van der Waals surface area contributed by atoms with Crippen LogP contribution in [0.4, 0.5) is 0 Å². The molecule has 0 saturated heterocycles. The van der Waals surface area contributed by atoms with E-state index in [0.29, 0.717) is 36.4 Å². The largest absolute Gasteiger partial charge is 0.489 e. The number of carbonyl (C=O) groups is 1. The van der Waals surface area contributed by atoms with Crippen molar-refractivity contribution in [1.29, 1.82) is 0 Å². The third kappa shape index (κ3) is 6.13. The number of hydrogen-bond donors (Lipinski definition) is 0. The summed E-state index contributed by atoms with van der Waals surface area (Å²) in [6.45, 7) is 2.21. The Morgan fingerprint density at radius 2 is 1.70 bits per heavy atom. The Morgan fingerprint density at radius 1 is 0.955 bits per heavy atom. The molecule has 0 aliphatic carbocycles. The van der Waals surface area contributed by atoms with E-state index in [2.05, 4.69) is 0 Å². The van der Waals surface area contributed by atoms with Crippen molar-refractivity contribution >= 4 is 52.3 Å². The summed E-state index contributed by atoms with van der Waals surface area (Å²) in [5.41, 5.74) is 3.68. The number of halogens is 2. The monoisotopic (exact) mass is 640 g/mol. The molecule has 44 heavy (non-hydrogen) atoms. The van der Waals surface area contributed by atoms with E-state index in [1.807, 2.05) is 97.1 Å². The molecule has 6 nitrogen and oxygen atoms in total. The summed E-state index contributed by atoms with van der Waals surface area (Å²) in [7, 11) is 0. The molecule has 0 bridgehead atoms. The van der Waals surface area contributed by atoms with E-state index in [9.17, 15) is 9.59 Å². The highest BCUT2D eigenvalue weighted by Gasteiger charge is 2.35. The number of esters is 1. The van der Waals surface area contributed by atoms with Crippen molar-refractivity contribution in [1.82, 2.24) is 4.57 Å². The lowest BCUT2D eigenvalue weighted by Crippen LogP contribution is -2.39. The van der Waals surface area contributed by atoms with Gasteiger partial charge in [-0.3, -0.25) is 9.36 Å². The molecule has 0 spiro atoms. The number of aromatic nitrogens is 1. The Hall–Kier alpha value is -4.43. The van der Waals surface area contributed by atoms with Crippen molar-refractivity contribution in [3.8, 4) is 5.75 Å². The van der Waals surface area contributed by atoms with Crippen LogP contribution in [0, 0.1) is 0 Å². The number of hydrogen-bond acceptors (Lipinski definition) is 6. The summed E-state index contributed by atoms with van der Waals surface area (Å²) in [6.07, 6.45) is 1.81. The van der Waals surface area contributed by atoms with Gasteiger partial charge in [-0.15, -0.1) is 0 Å². The average Bonchev–Trinajstić information content (AvgIpc) is 3.35.